The Hall–Kier alpha value is -0.378. The molecular formula is C48H76ClNPPd. The van der Waals surface area contributed by atoms with Gasteiger partial charge in [0, 0.05) is 0 Å². The Balaban J connectivity index is 1.22. The fourth-order valence-electron chi connectivity index (χ4n) is 10.9. The number of fused-ring (bicyclic) bond motifs is 24. The van der Waals surface area contributed by atoms with Crippen LogP contribution >= 0.6 is 15.6 Å². The van der Waals surface area contributed by atoms with Crippen LogP contribution in [0.2, 0.25) is 0 Å². The molecule has 0 spiro atoms. The van der Waals surface area contributed by atoms with Gasteiger partial charge < -0.3 is 0 Å². The van der Waals surface area contributed by atoms with Crippen LogP contribution in [0.5, 0.6) is 0 Å². The van der Waals surface area contributed by atoms with E-state index in [4.69, 9.17) is 9.53 Å². The number of hydrogen-bond donors (Lipinski definition) is 0. The Morgan fingerprint density at radius 2 is 0.942 bits per heavy atom. The second-order valence-electron chi connectivity index (χ2n) is 17.9. The molecule has 3 unspecified atom stereocenters. The number of halogens is 1. The van der Waals surface area contributed by atoms with Crippen molar-refractivity contribution >= 4 is 25.4 Å². The van der Waals surface area contributed by atoms with Gasteiger partial charge in [0.25, 0.3) is 0 Å². The van der Waals surface area contributed by atoms with E-state index >= 15 is 0 Å². The average Bonchev–Trinajstić information content (AvgIpc) is 3.80. The summed E-state index contributed by atoms with van der Waals surface area (Å²) in [5.74, 6) is 3.82. The molecule has 5 aliphatic carbocycles. The molecule has 0 saturated heterocycles. The van der Waals surface area contributed by atoms with Crippen LogP contribution in [0.3, 0.4) is 0 Å². The van der Waals surface area contributed by atoms with Gasteiger partial charge in [0.1, 0.15) is 0 Å². The Labute approximate surface area is 332 Å². The first-order valence-electron chi connectivity index (χ1n) is 22.5. The molecule has 0 aliphatic heterocycles. The van der Waals surface area contributed by atoms with Crippen LogP contribution in [-0.4, -0.2) is 25.4 Å². The van der Waals surface area contributed by atoms with E-state index in [1.165, 1.54) is 197 Å². The van der Waals surface area contributed by atoms with Crippen LogP contribution in [-0.2, 0) is 15.2 Å². The second kappa shape index (κ2) is 22.4. The van der Waals surface area contributed by atoms with E-state index in [2.05, 4.69) is 67.5 Å². The number of benzene rings is 2. The summed E-state index contributed by atoms with van der Waals surface area (Å²) in [5.41, 5.74) is 5.95. The fourth-order valence-corrected chi connectivity index (χ4v) is 26.4. The van der Waals surface area contributed by atoms with Crippen LogP contribution in [0.4, 0.5) is 5.69 Å². The van der Waals surface area contributed by atoms with Gasteiger partial charge in [-0.1, -0.05) is 25.7 Å². The first kappa shape index (κ1) is 41.3. The third kappa shape index (κ3) is 11.8. The van der Waals surface area contributed by atoms with Gasteiger partial charge in [-0.15, -0.1) is 0 Å². The molecule has 0 heterocycles. The van der Waals surface area contributed by atoms with Crippen LogP contribution in [0.15, 0.2) is 48.5 Å². The number of rotatable bonds is 6. The molecule has 52 heavy (non-hydrogen) atoms. The van der Waals surface area contributed by atoms with Crippen LogP contribution in [0.25, 0.3) is 11.1 Å². The average molecular weight is 840 g/mol. The molecule has 2 aromatic rings. The van der Waals surface area contributed by atoms with E-state index in [-0.39, 0.29) is 6.11 Å². The number of anilines is 1. The standard InChI is InChI=1S/C34H62P.C14H14N.ClH.Pd/c1-2-4-6-8-10-12-14-16-18-20-29-22-24-31(21-19-17-15-13-11-9-7-5-3-1)33(27-29)35-34-28-30-23-25-32(34)26-30;1-15(2)14-11-7-6-10-13(14)12-8-4-3-5-9-12;;/h29-34H,1-28H2;3-8,10-11H,1-2H3;1H;/q-1;;;+2/p-1/t29-,30-,31+,32-,33?,34?;;;/m0.../s1. The zero-order chi connectivity index (χ0) is 36.0. The Morgan fingerprint density at radius 1 is 0.481 bits per heavy atom. The Bertz CT molecular complexity index is 1290. The molecule has 0 amide bonds. The van der Waals surface area contributed by atoms with E-state index in [1.807, 2.05) is 0 Å². The molecular weight excluding hydrogens is 763 g/mol. The third-order valence-corrected chi connectivity index (χ3v) is 27.0. The van der Waals surface area contributed by atoms with Gasteiger partial charge in [-0.25, -0.2) is 0 Å². The van der Waals surface area contributed by atoms with Gasteiger partial charge in [0.2, 0.25) is 0 Å². The molecule has 295 valence electrons. The second-order valence-corrected chi connectivity index (χ2v) is 28.1. The first-order chi connectivity index (χ1) is 25.6. The van der Waals surface area contributed by atoms with Gasteiger partial charge >= 0.3 is 308 Å². The topological polar surface area (TPSA) is 3.24 Å². The van der Waals surface area contributed by atoms with Crippen molar-refractivity contribution in [2.45, 2.75) is 191 Å². The number of hydrogen-bond acceptors (Lipinski definition) is 1. The molecule has 0 N–H and O–H groups in total. The summed E-state index contributed by atoms with van der Waals surface area (Å²) in [6.07, 6.45) is 41.3. The number of nitrogens with zero attached hydrogens (tertiary/aromatic N) is 1. The summed E-state index contributed by atoms with van der Waals surface area (Å²) < 4.78 is 1.55. The molecule has 0 radical (unpaired) electrons. The monoisotopic (exact) mass is 838 g/mol. The molecule has 2 aromatic carbocycles. The summed E-state index contributed by atoms with van der Waals surface area (Å²) in [6, 6.07) is 18.6. The van der Waals surface area contributed by atoms with Gasteiger partial charge in [-0.05, 0) is 0 Å². The summed E-state index contributed by atoms with van der Waals surface area (Å²) in [4.78, 5) is 2.30. The molecule has 4 heteroatoms. The summed E-state index contributed by atoms with van der Waals surface area (Å²) in [5, 5.41) is 0. The molecule has 7 rings (SSSR count). The first-order valence-corrected chi connectivity index (χ1v) is 28.7. The van der Waals surface area contributed by atoms with Crippen molar-refractivity contribution in [1.29, 1.82) is 0 Å². The maximum atomic E-state index is 8.31. The molecule has 5 fully saturated rings. The molecule has 5 aliphatic rings. The maximum absolute atomic E-state index is 8.31. The molecule has 1 nitrogen and oxygen atoms in total. The van der Waals surface area contributed by atoms with Crippen molar-refractivity contribution in [3.8, 4) is 11.1 Å². The zero-order valence-corrected chi connectivity index (χ0v) is 36.7. The zero-order valence-electron chi connectivity index (χ0n) is 33.5. The van der Waals surface area contributed by atoms with E-state index < -0.39 is 15.2 Å². The van der Waals surface area contributed by atoms with E-state index in [9.17, 15) is 0 Å². The van der Waals surface area contributed by atoms with Crippen LogP contribution in [0.1, 0.15) is 180 Å². The Morgan fingerprint density at radius 3 is 1.50 bits per heavy atom. The van der Waals surface area contributed by atoms with Gasteiger partial charge in [-0.3, -0.25) is 0 Å². The molecule has 4 bridgehead atoms. The minimum atomic E-state index is -1.45. The van der Waals surface area contributed by atoms with Crippen molar-refractivity contribution in [3.63, 3.8) is 0 Å². The van der Waals surface area contributed by atoms with E-state index in [1.54, 1.807) is 4.04 Å². The summed E-state index contributed by atoms with van der Waals surface area (Å²) in [6.45, 7) is 0. The third-order valence-electron chi connectivity index (χ3n) is 13.9. The van der Waals surface area contributed by atoms with Crippen molar-refractivity contribution in [2.75, 3.05) is 19.0 Å². The van der Waals surface area contributed by atoms with Crippen molar-refractivity contribution in [2.24, 2.45) is 23.7 Å². The quantitative estimate of drug-likeness (QED) is 0.207. The van der Waals surface area contributed by atoms with E-state index in [0.29, 0.717) is 0 Å². The van der Waals surface area contributed by atoms with E-state index in [0.717, 1.165) is 35.0 Å². The summed E-state index contributed by atoms with van der Waals surface area (Å²) in [7, 11) is 12.7. The van der Waals surface area contributed by atoms with Crippen LogP contribution < -0.4 is 8.94 Å². The van der Waals surface area contributed by atoms with Gasteiger partial charge in [0.15, 0.2) is 0 Å². The van der Waals surface area contributed by atoms with Crippen molar-refractivity contribution < 1.29 is 15.2 Å². The number of para-hydroxylation sites is 1. The van der Waals surface area contributed by atoms with Crippen molar-refractivity contribution in [3.05, 3.63) is 48.5 Å². The SMILES string of the molecule is CN(C)c1ccccc1-c1cccc[c]1[Pd]([Cl])[P](C1C[C@H]2CCCCCCCCCCCCCCCCCCCCC[C@@H]1CC2)C1C[C@H]2CC[C@H]1C2. The molecule has 0 aromatic heterocycles. The minimum absolute atomic E-state index is 0.223. The fraction of sp³-hybridized carbons (Fsp3) is 0.750. The van der Waals surface area contributed by atoms with Gasteiger partial charge in [0.05, 0.1) is 0 Å². The van der Waals surface area contributed by atoms with Crippen LogP contribution in [0, 0.1) is 23.7 Å². The molecule has 5 saturated carbocycles. The normalized spacial score (nSPS) is 30.2. The molecule has 7 atom stereocenters. The Kier molecular flexibility index (Phi) is 17.8. The van der Waals surface area contributed by atoms with Gasteiger partial charge in [-0.2, -0.15) is 0 Å². The van der Waals surface area contributed by atoms with Crippen molar-refractivity contribution in [1.82, 2.24) is 0 Å². The predicted octanol–water partition coefficient (Wildman–Crippen LogP) is 15.4. The predicted molar refractivity (Wildman–Crippen MR) is 229 cm³/mol. The summed E-state index contributed by atoms with van der Waals surface area (Å²) >= 11 is -1.45.